The van der Waals surface area contributed by atoms with E-state index in [9.17, 15) is 22.8 Å². The Kier molecular flexibility index (Phi) is 4.44. The molecule has 1 fully saturated rings. The fourth-order valence-electron chi connectivity index (χ4n) is 4.17. The molecule has 144 valence electrons. The predicted molar refractivity (Wildman–Crippen MR) is 93.6 cm³/mol. The van der Waals surface area contributed by atoms with Crippen LogP contribution >= 0.6 is 0 Å². The minimum atomic E-state index is -4.32. The van der Waals surface area contributed by atoms with E-state index in [0.717, 1.165) is 6.42 Å². The normalized spacial score (nSPS) is 22.6. The summed E-state index contributed by atoms with van der Waals surface area (Å²) in [5, 5.41) is 2.97. The van der Waals surface area contributed by atoms with Crippen LogP contribution in [0, 0.1) is 5.92 Å². The van der Waals surface area contributed by atoms with Crippen molar-refractivity contribution in [1.29, 1.82) is 0 Å². The Morgan fingerprint density at radius 2 is 1.96 bits per heavy atom. The van der Waals surface area contributed by atoms with Crippen molar-refractivity contribution in [3.05, 3.63) is 39.9 Å². The number of alkyl halides is 3. The van der Waals surface area contributed by atoms with E-state index in [1.165, 1.54) is 18.2 Å². The van der Waals surface area contributed by atoms with Gasteiger partial charge in [-0.05, 0) is 37.5 Å². The number of carbonyl (C=O) groups excluding carboxylic acids is 1. The van der Waals surface area contributed by atoms with Gasteiger partial charge in [-0.2, -0.15) is 13.2 Å². The van der Waals surface area contributed by atoms with Crippen molar-refractivity contribution >= 4 is 16.8 Å². The lowest BCUT2D eigenvalue weighted by Crippen LogP contribution is -2.47. The zero-order valence-corrected chi connectivity index (χ0v) is 14.7. The van der Waals surface area contributed by atoms with Crippen LogP contribution in [0.4, 0.5) is 13.2 Å². The van der Waals surface area contributed by atoms with Crippen LogP contribution < -0.4 is 10.9 Å². The molecule has 0 bridgehead atoms. The molecule has 1 aliphatic heterocycles. The number of rotatable bonds is 2. The third kappa shape index (κ3) is 3.33. The molecule has 1 amide bonds. The summed E-state index contributed by atoms with van der Waals surface area (Å²) in [5.74, 6) is -1.38. The molecule has 4 rings (SSSR count). The SMILES string of the molecule is O=C(N[C@H]1CCCC[C@H]1C(F)(F)F)c1ccc2c(=O)n3c(nc2c1)CCC3. The lowest BCUT2D eigenvalue weighted by atomic mass is 9.84. The number of benzene rings is 1. The van der Waals surface area contributed by atoms with Gasteiger partial charge in [-0.25, -0.2) is 4.98 Å². The molecule has 1 aliphatic carbocycles. The van der Waals surface area contributed by atoms with Crippen LogP contribution in [0.15, 0.2) is 23.0 Å². The summed E-state index contributed by atoms with van der Waals surface area (Å²) >= 11 is 0. The highest BCUT2D eigenvalue weighted by Gasteiger charge is 2.46. The second kappa shape index (κ2) is 6.65. The fourth-order valence-corrected chi connectivity index (χ4v) is 4.17. The first kappa shape index (κ1) is 18.0. The molecule has 1 aromatic heterocycles. The lowest BCUT2D eigenvalue weighted by Gasteiger charge is -2.33. The van der Waals surface area contributed by atoms with Gasteiger partial charge in [0.2, 0.25) is 0 Å². The van der Waals surface area contributed by atoms with Gasteiger partial charge in [0.25, 0.3) is 11.5 Å². The molecule has 0 radical (unpaired) electrons. The Balaban J connectivity index is 1.61. The quantitative estimate of drug-likeness (QED) is 0.872. The van der Waals surface area contributed by atoms with E-state index in [1.807, 2.05) is 0 Å². The minimum Gasteiger partial charge on any atom is -0.349 e. The predicted octanol–water partition coefficient (Wildman–Crippen LogP) is 3.19. The molecular formula is C19H20F3N3O2. The molecular weight excluding hydrogens is 359 g/mol. The molecule has 0 spiro atoms. The number of aryl methyl sites for hydroxylation is 1. The average Bonchev–Trinajstić information content (AvgIpc) is 3.09. The van der Waals surface area contributed by atoms with Crippen molar-refractivity contribution in [2.45, 2.75) is 57.3 Å². The first-order valence-electron chi connectivity index (χ1n) is 9.25. The van der Waals surface area contributed by atoms with Gasteiger partial charge in [-0.15, -0.1) is 0 Å². The maximum Gasteiger partial charge on any atom is 0.393 e. The van der Waals surface area contributed by atoms with Crippen LogP contribution in [0.2, 0.25) is 0 Å². The van der Waals surface area contributed by atoms with E-state index < -0.39 is 24.0 Å². The summed E-state index contributed by atoms with van der Waals surface area (Å²) < 4.78 is 41.3. The van der Waals surface area contributed by atoms with Gasteiger partial charge in [0, 0.05) is 24.6 Å². The zero-order valence-electron chi connectivity index (χ0n) is 14.7. The molecule has 5 nitrogen and oxygen atoms in total. The third-order valence-electron chi connectivity index (χ3n) is 5.58. The first-order valence-corrected chi connectivity index (χ1v) is 9.25. The molecule has 8 heteroatoms. The van der Waals surface area contributed by atoms with Gasteiger partial charge in [0.1, 0.15) is 5.82 Å². The summed E-state index contributed by atoms with van der Waals surface area (Å²) in [6.45, 7) is 0.639. The fraction of sp³-hybridized carbons (Fsp3) is 0.526. The lowest BCUT2D eigenvalue weighted by molar-refractivity contribution is -0.187. The number of nitrogens with one attached hydrogen (secondary N) is 1. The highest BCUT2D eigenvalue weighted by Crippen LogP contribution is 2.37. The van der Waals surface area contributed by atoms with E-state index in [2.05, 4.69) is 10.3 Å². The molecule has 2 aromatic rings. The van der Waals surface area contributed by atoms with Gasteiger partial charge in [-0.1, -0.05) is 12.8 Å². The first-order chi connectivity index (χ1) is 12.8. The Labute approximate surface area is 153 Å². The van der Waals surface area contributed by atoms with Gasteiger partial charge in [0.05, 0.1) is 16.8 Å². The van der Waals surface area contributed by atoms with Crippen molar-refractivity contribution in [1.82, 2.24) is 14.9 Å². The van der Waals surface area contributed by atoms with Crippen LogP contribution in [0.5, 0.6) is 0 Å². The molecule has 2 heterocycles. The Hall–Kier alpha value is -2.38. The maximum atomic E-state index is 13.2. The van der Waals surface area contributed by atoms with Gasteiger partial charge >= 0.3 is 6.18 Å². The summed E-state index contributed by atoms with van der Waals surface area (Å²) in [5.41, 5.74) is 0.504. The van der Waals surface area contributed by atoms with E-state index in [0.29, 0.717) is 49.0 Å². The van der Waals surface area contributed by atoms with Crippen LogP contribution in [0.1, 0.15) is 48.3 Å². The Morgan fingerprint density at radius 3 is 2.74 bits per heavy atom. The van der Waals surface area contributed by atoms with Crippen LogP contribution in [0.25, 0.3) is 10.9 Å². The molecule has 27 heavy (non-hydrogen) atoms. The summed E-state index contributed by atoms with van der Waals surface area (Å²) in [7, 11) is 0. The van der Waals surface area contributed by atoms with E-state index in [1.54, 1.807) is 4.57 Å². The summed E-state index contributed by atoms with van der Waals surface area (Å²) in [6.07, 6.45) is -1.22. The zero-order chi connectivity index (χ0) is 19.2. The standard InChI is InChI=1S/C19H20F3N3O2/c20-19(21,22)13-4-1-2-5-14(13)24-17(26)11-7-8-12-15(10-11)23-16-6-3-9-25(16)18(12)27/h7-8,10,13-14H,1-6,9H2,(H,24,26)/t13-,14+/m1/s1. The highest BCUT2D eigenvalue weighted by atomic mass is 19.4. The number of amides is 1. The number of halogens is 3. The third-order valence-corrected chi connectivity index (χ3v) is 5.58. The van der Waals surface area contributed by atoms with Crippen molar-refractivity contribution < 1.29 is 18.0 Å². The Morgan fingerprint density at radius 1 is 1.19 bits per heavy atom. The summed E-state index contributed by atoms with van der Waals surface area (Å²) in [4.78, 5) is 29.5. The monoisotopic (exact) mass is 379 g/mol. The van der Waals surface area contributed by atoms with E-state index in [-0.39, 0.29) is 17.5 Å². The van der Waals surface area contributed by atoms with Crippen LogP contribution in [-0.4, -0.2) is 27.7 Å². The van der Waals surface area contributed by atoms with Crippen LogP contribution in [0.3, 0.4) is 0 Å². The largest absolute Gasteiger partial charge is 0.393 e. The molecule has 1 N–H and O–H groups in total. The molecule has 1 aromatic carbocycles. The number of hydrogen-bond acceptors (Lipinski definition) is 3. The molecule has 2 aliphatic rings. The van der Waals surface area contributed by atoms with Gasteiger partial charge in [0.15, 0.2) is 0 Å². The number of carbonyl (C=O) groups is 1. The smallest absolute Gasteiger partial charge is 0.349 e. The second-order valence-corrected chi connectivity index (χ2v) is 7.33. The Bertz CT molecular complexity index is 952. The average molecular weight is 379 g/mol. The van der Waals surface area contributed by atoms with Crippen molar-refractivity contribution in [2.75, 3.05) is 0 Å². The molecule has 1 saturated carbocycles. The molecule has 0 saturated heterocycles. The number of hydrogen-bond donors (Lipinski definition) is 1. The minimum absolute atomic E-state index is 0.0383. The van der Waals surface area contributed by atoms with Crippen molar-refractivity contribution in [3.8, 4) is 0 Å². The molecule has 2 atom stereocenters. The molecule has 0 unspecified atom stereocenters. The topological polar surface area (TPSA) is 64.0 Å². The summed E-state index contributed by atoms with van der Waals surface area (Å²) in [6, 6.07) is 3.60. The van der Waals surface area contributed by atoms with Crippen molar-refractivity contribution in [2.24, 2.45) is 5.92 Å². The van der Waals surface area contributed by atoms with Crippen LogP contribution in [-0.2, 0) is 13.0 Å². The highest BCUT2D eigenvalue weighted by molar-refractivity contribution is 5.97. The van der Waals surface area contributed by atoms with Gasteiger partial charge in [-0.3, -0.25) is 14.2 Å². The second-order valence-electron chi connectivity index (χ2n) is 7.33. The number of fused-ring (bicyclic) bond motifs is 2. The van der Waals surface area contributed by atoms with Crippen molar-refractivity contribution in [3.63, 3.8) is 0 Å². The number of aromatic nitrogens is 2. The van der Waals surface area contributed by atoms with E-state index >= 15 is 0 Å². The van der Waals surface area contributed by atoms with E-state index in [4.69, 9.17) is 0 Å². The maximum absolute atomic E-state index is 13.2. The number of nitrogens with zero attached hydrogens (tertiary/aromatic N) is 2. The van der Waals surface area contributed by atoms with Gasteiger partial charge < -0.3 is 5.32 Å².